The molecule has 0 saturated heterocycles. The molecule has 3 heteroatoms. The number of nitrogens with two attached hydrogens (primary N) is 1. The molecule has 1 aromatic rings. The van der Waals surface area contributed by atoms with Gasteiger partial charge in [0.2, 0.25) is 0 Å². The van der Waals surface area contributed by atoms with Crippen molar-refractivity contribution in [1.29, 1.82) is 0 Å². The van der Waals surface area contributed by atoms with Crippen LogP contribution in [0.5, 0.6) is 11.5 Å². The molecule has 100 valence electrons. The molecule has 1 aliphatic carbocycles. The average Bonchev–Trinajstić information content (AvgIpc) is 2.39. The zero-order valence-electron chi connectivity index (χ0n) is 11.3. The lowest BCUT2D eigenvalue weighted by Gasteiger charge is -2.37. The van der Waals surface area contributed by atoms with Gasteiger partial charge in [-0.15, -0.1) is 0 Å². The number of hydrogen-bond acceptors (Lipinski definition) is 3. The molecule has 0 atom stereocenters. The summed E-state index contributed by atoms with van der Waals surface area (Å²) in [6.45, 7) is 2.62. The van der Waals surface area contributed by atoms with Crippen molar-refractivity contribution in [3.63, 3.8) is 0 Å². The first-order valence-corrected chi connectivity index (χ1v) is 6.71. The van der Waals surface area contributed by atoms with Crippen LogP contribution in [0, 0.1) is 6.92 Å². The maximum atomic E-state index is 10.0. The summed E-state index contributed by atoms with van der Waals surface area (Å²) >= 11 is 0. The summed E-state index contributed by atoms with van der Waals surface area (Å²) in [5.41, 5.74) is 8.22. The monoisotopic (exact) mass is 249 g/mol. The maximum Gasteiger partial charge on any atom is 0.163 e. The second kappa shape index (κ2) is 5.19. The fourth-order valence-electron chi connectivity index (χ4n) is 3.17. The van der Waals surface area contributed by atoms with Gasteiger partial charge in [0.05, 0.1) is 7.11 Å². The molecular weight excluding hydrogens is 226 g/mol. The Hall–Kier alpha value is -1.22. The summed E-state index contributed by atoms with van der Waals surface area (Å²) in [7, 11) is 1.58. The van der Waals surface area contributed by atoms with Gasteiger partial charge < -0.3 is 15.6 Å². The van der Waals surface area contributed by atoms with Crippen LogP contribution in [0.15, 0.2) is 12.1 Å². The highest BCUT2D eigenvalue weighted by Gasteiger charge is 2.33. The number of hydrogen-bond donors (Lipinski definition) is 2. The zero-order chi connectivity index (χ0) is 13.2. The van der Waals surface area contributed by atoms with Crippen molar-refractivity contribution in [2.45, 2.75) is 44.4 Å². The van der Waals surface area contributed by atoms with E-state index in [0.717, 1.165) is 18.4 Å². The fourth-order valence-corrected chi connectivity index (χ4v) is 3.17. The Morgan fingerprint density at radius 1 is 1.28 bits per heavy atom. The molecule has 1 aromatic carbocycles. The van der Waals surface area contributed by atoms with E-state index in [9.17, 15) is 5.11 Å². The fraction of sp³-hybridized carbons (Fsp3) is 0.600. The van der Waals surface area contributed by atoms with Crippen LogP contribution in [-0.2, 0) is 5.41 Å². The third kappa shape index (κ3) is 2.19. The predicted molar refractivity (Wildman–Crippen MR) is 73.2 cm³/mol. The Morgan fingerprint density at radius 3 is 2.44 bits per heavy atom. The quantitative estimate of drug-likeness (QED) is 0.866. The normalized spacial score (nSPS) is 18.6. The molecule has 0 aliphatic heterocycles. The Bertz CT molecular complexity index is 399. The molecule has 18 heavy (non-hydrogen) atoms. The molecule has 1 aliphatic rings. The number of aromatic hydroxyl groups is 1. The lowest BCUT2D eigenvalue weighted by atomic mass is 9.69. The lowest BCUT2D eigenvalue weighted by Crippen LogP contribution is -2.37. The molecule has 0 amide bonds. The van der Waals surface area contributed by atoms with Crippen LogP contribution in [0.1, 0.15) is 43.2 Å². The molecule has 0 aromatic heterocycles. The molecule has 3 nitrogen and oxygen atoms in total. The van der Waals surface area contributed by atoms with E-state index in [1.54, 1.807) is 7.11 Å². The summed E-state index contributed by atoms with van der Waals surface area (Å²) in [4.78, 5) is 0. The highest BCUT2D eigenvalue weighted by atomic mass is 16.5. The van der Waals surface area contributed by atoms with E-state index in [-0.39, 0.29) is 11.2 Å². The molecule has 0 spiro atoms. The van der Waals surface area contributed by atoms with Gasteiger partial charge in [0, 0.05) is 12.0 Å². The number of phenols is 1. The summed E-state index contributed by atoms with van der Waals surface area (Å²) in [6, 6.07) is 3.96. The van der Waals surface area contributed by atoms with Crippen molar-refractivity contribution in [1.82, 2.24) is 0 Å². The summed E-state index contributed by atoms with van der Waals surface area (Å²) in [6.07, 6.45) is 5.98. The van der Waals surface area contributed by atoms with E-state index >= 15 is 0 Å². The molecule has 0 unspecified atom stereocenters. The number of phenolic OH excluding ortho intramolecular Hbond substituents is 1. The summed E-state index contributed by atoms with van der Waals surface area (Å²) in [5.74, 6) is 0.799. The molecule has 0 radical (unpaired) electrons. The second-order valence-electron chi connectivity index (χ2n) is 5.39. The van der Waals surface area contributed by atoms with Crippen LogP contribution in [0.2, 0.25) is 0 Å². The SMILES string of the molecule is COc1c(C)cc(C2(CN)CCCCC2)cc1O. The van der Waals surface area contributed by atoms with Crippen LogP contribution in [0.4, 0.5) is 0 Å². The number of aryl methyl sites for hydroxylation is 1. The third-order valence-electron chi connectivity index (χ3n) is 4.27. The van der Waals surface area contributed by atoms with E-state index in [0.29, 0.717) is 12.3 Å². The van der Waals surface area contributed by atoms with Crippen molar-refractivity contribution < 1.29 is 9.84 Å². The minimum Gasteiger partial charge on any atom is -0.504 e. The van der Waals surface area contributed by atoms with Gasteiger partial charge in [-0.25, -0.2) is 0 Å². The van der Waals surface area contributed by atoms with Gasteiger partial charge >= 0.3 is 0 Å². The predicted octanol–water partition coefficient (Wildman–Crippen LogP) is 2.87. The minimum absolute atomic E-state index is 0.0484. The smallest absolute Gasteiger partial charge is 0.163 e. The van der Waals surface area contributed by atoms with E-state index < -0.39 is 0 Å². The first-order chi connectivity index (χ1) is 8.63. The molecule has 1 fully saturated rings. The molecule has 3 N–H and O–H groups in total. The molecular formula is C15H23NO2. The van der Waals surface area contributed by atoms with Crippen LogP contribution in [0.25, 0.3) is 0 Å². The van der Waals surface area contributed by atoms with Gasteiger partial charge in [0.1, 0.15) is 0 Å². The summed E-state index contributed by atoms with van der Waals surface area (Å²) < 4.78 is 5.20. The van der Waals surface area contributed by atoms with Crippen LogP contribution in [0.3, 0.4) is 0 Å². The van der Waals surface area contributed by atoms with E-state index in [1.807, 2.05) is 13.0 Å². The van der Waals surface area contributed by atoms with Crippen molar-refractivity contribution in [3.8, 4) is 11.5 Å². The van der Waals surface area contributed by atoms with Crippen LogP contribution < -0.4 is 10.5 Å². The van der Waals surface area contributed by atoms with Gasteiger partial charge in [-0.2, -0.15) is 0 Å². The van der Waals surface area contributed by atoms with Crippen LogP contribution in [-0.4, -0.2) is 18.8 Å². The summed E-state index contributed by atoms with van der Waals surface area (Å²) in [5, 5.41) is 10.0. The van der Waals surface area contributed by atoms with Crippen molar-refractivity contribution >= 4 is 0 Å². The third-order valence-corrected chi connectivity index (χ3v) is 4.27. The second-order valence-corrected chi connectivity index (χ2v) is 5.39. The van der Waals surface area contributed by atoms with E-state index in [2.05, 4.69) is 6.07 Å². The highest BCUT2D eigenvalue weighted by Crippen LogP contribution is 2.42. The maximum absolute atomic E-state index is 10.0. The van der Waals surface area contributed by atoms with Crippen molar-refractivity contribution in [3.05, 3.63) is 23.3 Å². The van der Waals surface area contributed by atoms with E-state index in [4.69, 9.17) is 10.5 Å². The van der Waals surface area contributed by atoms with Crippen molar-refractivity contribution in [2.75, 3.05) is 13.7 Å². The van der Waals surface area contributed by atoms with Gasteiger partial charge in [-0.3, -0.25) is 0 Å². The topological polar surface area (TPSA) is 55.5 Å². The number of rotatable bonds is 3. The molecule has 0 bridgehead atoms. The minimum atomic E-state index is 0.0484. The zero-order valence-corrected chi connectivity index (χ0v) is 11.3. The first-order valence-electron chi connectivity index (χ1n) is 6.71. The molecule has 2 rings (SSSR count). The average molecular weight is 249 g/mol. The standard InChI is InChI=1S/C15H23NO2/c1-11-8-12(9-13(17)14(11)18-2)15(10-16)6-4-3-5-7-15/h8-9,17H,3-7,10,16H2,1-2H3. The Labute approximate surface area is 109 Å². The Kier molecular flexibility index (Phi) is 3.81. The van der Waals surface area contributed by atoms with Gasteiger partial charge in [0.25, 0.3) is 0 Å². The lowest BCUT2D eigenvalue weighted by molar-refractivity contribution is 0.298. The van der Waals surface area contributed by atoms with Crippen molar-refractivity contribution in [2.24, 2.45) is 5.73 Å². The largest absolute Gasteiger partial charge is 0.504 e. The number of methoxy groups -OCH3 is 1. The number of ether oxygens (including phenoxy) is 1. The number of benzene rings is 1. The van der Waals surface area contributed by atoms with Gasteiger partial charge in [0.15, 0.2) is 11.5 Å². The Balaban J connectivity index is 2.43. The molecule has 0 heterocycles. The highest BCUT2D eigenvalue weighted by molar-refractivity contribution is 5.50. The Morgan fingerprint density at radius 2 is 1.94 bits per heavy atom. The van der Waals surface area contributed by atoms with E-state index in [1.165, 1.54) is 24.8 Å². The first kappa shape index (κ1) is 13.2. The van der Waals surface area contributed by atoms with Gasteiger partial charge in [-0.1, -0.05) is 25.3 Å². The van der Waals surface area contributed by atoms with Gasteiger partial charge in [-0.05, 0) is 37.0 Å². The van der Waals surface area contributed by atoms with Crippen LogP contribution >= 0.6 is 0 Å². The molecule has 1 saturated carbocycles.